The molecule has 148 valence electrons. The molecule has 2 aromatic carbocycles. The molecule has 0 spiro atoms. The maximum atomic E-state index is 13.0. The smallest absolute Gasteiger partial charge is 0.251 e. The van der Waals surface area contributed by atoms with Gasteiger partial charge in [-0.2, -0.15) is 0 Å². The maximum absolute atomic E-state index is 13.0. The summed E-state index contributed by atoms with van der Waals surface area (Å²) >= 11 is 0. The van der Waals surface area contributed by atoms with Crippen LogP contribution in [0.2, 0.25) is 0 Å². The quantitative estimate of drug-likeness (QED) is 0.545. The second kappa shape index (κ2) is 7.33. The van der Waals surface area contributed by atoms with Crippen molar-refractivity contribution >= 4 is 21.5 Å². The van der Waals surface area contributed by atoms with Gasteiger partial charge in [-0.1, -0.05) is 12.1 Å². The summed E-state index contributed by atoms with van der Waals surface area (Å²) in [5.41, 5.74) is 0.444. The highest BCUT2D eigenvalue weighted by Gasteiger charge is 2.35. The third-order valence-corrected chi connectivity index (χ3v) is 6.83. The Hall–Kier alpha value is -3.19. The van der Waals surface area contributed by atoms with Crippen LogP contribution >= 0.6 is 0 Å². The summed E-state index contributed by atoms with van der Waals surface area (Å²) in [6.45, 7) is 1.87. The molecule has 0 saturated carbocycles. The molecule has 1 aliphatic rings. The minimum absolute atomic E-state index is 0.0260. The van der Waals surface area contributed by atoms with Gasteiger partial charge in [0.05, 0.1) is 16.1 Å². The number of carbonyl (C=O) groups is 2. The molecule has 2 heterocycles. The van der Waals surface area contributed by atoms with Crippen LogP contribution in [0.3, 0.4) is 0 Å². The molecule has 3 aromatic rings. The molecule has 0 bridgehead atoms. The molecule has 4 rings (SSSR count). The fourth-order valence-corrected chi connectivity index (χ4v) is 5.10. The Labute approximate surface area is 168 Å². The number of rotatable bonds is 5. The average Bonchev–Trinajstić information content (AvgIpc) is 3.24. The van der Waals surface area contributed by atoms with Crippen LogP contribution in [0.4, 0.5) is 0 Å². The summed E-state index contributed by atoms with van der Waals surface area (Å²) in [5.74, 6) is 0.0913. The van der Waals surface area contributed by atoms with Crippen molar-refractivity contribution in [1.29, 1.82) is 0 Å². The topological polar surface area (TPSA) is 93.4 Å². The van der Waals surface area contributed by atoms with Crippen molar-refractivity contribution in [2.75, 3.05) is 0 Å². The summed E-state index contributed by atoms with van der Waals surface area (Å²) in [7, 11) is -3.87. The van der Waals surface area contributed by atoms with Gasteiger partial charge in [-0.25, -0.2) is 8.42 Å². The molecule has 7 heteroatoms. The molecule has 0 saturated heterocycles. The van der Waals surface area contributed by atoms with Crippen LogP contribution in [-0.2, 0) is 16.3 Å². The van der Waals surface area contributed by atoms with Crippen LogP contribution in [0.25, 0.3) is 0 Å². The molecule has 1 amide bonds. The average molecular weight is 409 g/mol. The van der Waals surface area contributed by atoms with Crippen LogP contribution in [-0.4, -0.2) is 26.2 Å². The summed E-state index contributed by atoms with van der Waals surface area (Å²) in [4.78, 5) is 25.2. The number of aryl methyl sites for hydroxylation is 1. The van der Waals surface area contributed by atoms with Gasteiger partial charge in [0.25, 0.3) is 5.91 Å². The first-order valence-electron chi connectivity index (χ1n) is 9.24. The summed E-state index contributed by atoms with van der Waals surface area (Å²) < 4.78 is 31.2. The molecule has 1 aromatic heterocycles. The van der Waals surface area contributed by atoms with Crippen molar-refractivity contribution in [2.45, 2.75) is 35.6 Å². The van der Waals surface area contributed by atoms with E-state index in [4.69, 9.17) is 4.42 Å². The van der Waals surface area contributed by atoms with Crippen molar-refractivity contribution in [3.8, 4) is 0 Å². The van der Waals surface area contributed by atoms with Gasteiger partial charge in [0.1, 0.15) is 5.76 Å². The van der Waals surface area contributed by atoms with E-state index < -0.39 is 9.84 Å². The first-order chi connectivity index (χ1) is 13.9. The van der Waals surface area contributed by atoms with Gasteiger partial charge in [-0.05, 0) is 55.8 Å². The highest BCUT2D eigenvalue weighted by atomic mass is 32.2. The lowest BCUT2D eigenvalue weighted by Gasteiger charge is -2.20. The van der Waals surface area contributed by atoms with Gasteiger partial charge in [-0.15, -0.1) is 0 Å². The van der Waals surface area contributed by atoms with Crippen molar-refractivity contribution in [3.05, 3.63) is 83.3 Å². The van der Waals surface area contributed by atoms with E-state index in [1.807, 2.05) is 19.1 Å². The van der Waals surface area contributed by atoms with Gasteiger partial charge in [0.2, 0.25) is 9.84 Å². The SMILES string of the molecule is C[C@H](CCc1ccco1)NC(=O)c1ccc2c(c1)S(=O)(=O)c1ccccc1C2=O. The predicted octanol–water partition coefficient (Wildman–Crippen LogP) is 3.41. The monoisotopic (exact) mass is 409 g/mol. The highest BCUT2D eigenvalue weighted by molar-refractivity contribution is 7.91. The molecule has 0 aliphatic carbocycles. The van der Waals surface area contributed by atoms with Gasteiger partial charge in [0.15, 0.2) is 5.78 Å². The first-order valence-corrected chi connectivity index (χ1v) is 10.7. The van der Waals surface area contributed by atoms with Gasteiger partial charge >= 0.3 is 0 Å². The molecule has 0 radical (unpaired) electrons. The molecular formula is C22H19NO5S. The molecular weight excluding hydrogens is 390 g/mol. The zero-order chi connectivity index (χ0) is 20.6. The maximum Gasteiger partial charge on any atom is 0.251 e. The molecule has 29 heavy (non-hydrogen) atoms. The van der Waals surface area contributed by atoms with Crippen LogP contribution in [0.1, 0.15) is 45.4 Å². The molecule has 6 nitrogen and oxygen atoms in total. The van der Waals surface area contributed by atoms with E-state index in [2.05, 4.69) is 5.32 Å². The van der Waals surface area contributed by atoms with E-state index in [1.54, 1.807) is 18.4 Å². The fraction of sp³-hybridized carbons (Fsp3) is 0.182. The Morgan fingerprint density at radius 2 is 1.79 bits per heavy atom. The van der Waals surface area contributed by atoms with Crippen LogP contribution in [0, 0.1) is 0 Å². The number of ketones is 1. The van der Waals surface area contributed by atoms with Crippen LogP contribution in [0.15, 0.2) is 75.1 Å². The van der Waals surface area contributed by atoms with E-state index in [-0.39, 0.29) is 44.2 Å². The normalized spacial score (nSPS) is 15.3. The van der Waals surface area contributed by atoms with Crippen molar-refractivity contribution < 1.29 is 22.4 Å². The Bertz CT molecular complexity index is 1200. The van der Waals surface area contributed by atoms with Crippen molar-refractivity contribution in [1.82, 2.24) is 5.32 Å². The number of furan rings is 1. The van der Waals surface area contributed by atoms with E-state index in [1.165, 1.54) is 30.3 Å². The van der Waals surface area contributed by atoms with Gasteiger partial charge in [0, 0.05) is 29.2 Å². The molecule has 1 N–H and O–H groups in total. The number of hydrogen-bond donors (Lipinski definition) is 1. The van der Waals surface area contributed by atoms with E-state index in [9.17, 15) is 18.0 Å². The molecule has 0 unspecified atom stereocenters. The number of fused-ring (bicyclic) bond motifs is 2. The number of benzene rings is 2. The third-order valence-electron chi connectivity index (χ3n) is 4.98. The summed E-state index contributed by atoms with van der Waals surface area (Å²) in [5, 5.41) is 2.86. The summed E-state index contributed by atoms with van der Waals surface area (Å²) in [6, 6.07) is 13.8. The van der Waals surface area contributed by atoms with Crippen molar-refractivity contribution in [3.63, 3.8) is 0 Å². The second-order valence-electron chi connectivity index (χ2n) is 7.03. The van der Waals surface area contributed by atoms with Gasteiger partial charge in [-0.3, -0.25) is 9.59 Å². The van der Waals surface area contributed by atoms with E-state index in [0.717, 1.165) is 5.76 Å². The van der Waals surface area contributed by atoms with Crippen LogP contribution < -0.4 is 5.32 Å². The lowest BCUT2D eigenvalue weighted by molar-refractivity contribution is 0.0936. The molecule has 1 aliphatic heterocycles. The van der Waals surface area contributed by atoms with Crippen LogP contribution in [0.5, 0.6) is 0 Å². The zero-order valence-corrected chi connectivity index (χ0v) is 16.5. The Morgan fingerprint density at radius 3 is 2.55 bits per heavy atom. The minimum atomic E-state index is -3.87. The fourth-order valence-electron chi connectivity index (χ4n) is 3.42. The minimum Gasteiger partial charge on any atom is -0.469 e. The molecule has 1 atom stereocenters. The van der Waals surface area contributed by atoms with Crippen molar-refractivity contribution in [2.24, 2.45) is 0 Å². The highest BCUT2D eigenvalue weighted by Crippen LogP contribution is 2.34. The van der Waals surface area contributed by atoms with E-state index in [0.29, 0.717) is 12.8 Å². The summed E-state index contributed by atoms with van der Waals surface area (Å²) in [6.07, 6.45) is 2.96. The Morgan fingerprint density at radius 1 is 1.03 bits per heavy atom. The lowest BCUT2D eigenvalue weighted by atomic mass is 10.0. The third kappa shape index (κ3) is 3.49. The van der Waals surface area contributed by atoms with E-state index >= 15 is 0 Å². The molecule has 0 fully saturated rings. The number of hydrogen-bond acceptors (Lipinski definition) is 5. The zero-order valence-electron chi connectivity index (χ0n) is 15.7. The van der Waals surface area contributed by atoms with Gasteiger partial charge < -0.3 is 9.73 Å². The largest absolute Gasteiger partial charge is 0.469 e. The Kier molecular flexibility index (Phi) is 4.84. The number of amides is 1. The number of carbonyl (C=O) groups excluding carboxylic acids is 2. The lowest BCUT2D eigenvalue weighted by Crippen LogP contribution is -2.33. The number of sulfone groups is 1. The standard InChI is InChI=1S/C22H19NO5S/c1-14(8-10-16-5-4-12-28-16)23-22(25)15-9-11-18-20(13-15)29(26,27)19-7-3-2-6-17(19)21(18)24/h2-7,9,11-14H,8,10H2,1H3,(H,23,25)/t14-/m1/s1. The number of nitrogens with one attached hydrogen (secondary N) is 1. The Balaban J connectivity index is 1.57. The predicted molar refractivity (Wildman–Crippen MR) is 106 cm³/mol. The first kappa shape index (κ1) is 19.1. The second-order valence-corrected chi connectivity index (χ2v) is 8.92.